The minimum absolute atomic E-state index is 0.0405. The van der Waals surface area contributed by atoms with Crippen molar-refractivity contribution >= 4 is 23.4 Å². The Bertz CT molecular complexity index is 989. The Morgan fingerprint density at radius 3 is 2.00 bits per heavy atom. The van der Waals surface area contributed by atoms with Crippen molar-refractivity contribution in [3.8, 4) is 11.5 Å². The fourth-order valence-corrected chi connectivity index (χ4v) is 3.64. The lowest BCUT2D eigenvalue weighted by Crippen LogP contribution is -2.50. The molecule has 3 rings (SSSR count). The van der Waals surface area contributed by atoms with Gasteiger partial charge in [0.25, 0.3) is 11.8 Å². The summed E-state index contributed by atoms with van der Waals surface area (Å²) in [5.41, 5.74) is -0.612. The van der Waals surface area contributed by atoms with Crippen molar-refractivity contribution in [2.24, 2.45) is 0 Å². The molecule has 10 heteroatoms. The number of hydrogen-bond donors (Lipinski definition) is 0. The minimum atomic E-state index is -4.53. The van der Waals surface area contributed by atoms with Gasteiger partial charge in [-0.25, -0.2) is 0 Å². The van der Waals surface area contributed by atoms with Crippen LogP contribution in [0.4, 0.5) is 13.2 Å². The lowest BCUT2D eigenvalue weighted by Gasteiger charge is -2.35. The number of rotatable bonds is 4. The topological polar surface area (TPSA) is 59.1 Å². The lowest BCUT2D eigenvalue weighted by atomic mass is 10.1. The average Bonchev–Trinajstić information content (AvgIpc) is 2.77. The van der Waals surface area contributed by atoms with Crippen LogP contribution < -0.4 is 9.47 Å². The number of nitrogens with zero attached hydrogens (tertiary/aromatic N) is 2. The van der Waals surface area contributed by atoms with Gasteiger partial charge in [0.2, 0.25) is 0 Å². The summed E-state index contributed by atoms with van der Waals surface area (Å²) in [6.45, 7) is 0.856. The molecule has 0 aliphatic carbocycles. The van der Waals surface area contributed by atoms with E-state index < -0.39 is 17.6 Å². The van der Waals surface area contributed by atoms with Crippen LogP contribution in [0.25, 0.3) is 0 Å². The minimum Gasteiger partial charge on any atom is -0.493 e. The van der Waals surface area contributed by atoms with Crippen LogP contribution in [0.15, 0.2) is 36.4 Å². The summed E-state index contributed by atoms with van der Waals surface area (Å²) >= 11 is 6.17. The van der Waals surface area contributed by atoms with E-state index in [2.05, 4.69) is 0 Å². The van der Waals surface area contributed by atoms with Crippen LogP contribution in [0.1, 0.15) is 26.3 Å². The van der Waals surface area contributed by atoms with Crippen LogP contribution in [-0.4, -0.2) is 62.0 Å². The molecule has 0 N–H and O–H groups in total. The normalized spacial score (nSPS) is 14.4. The number of piperazine rings is 1. The molecule has 166 valence electrons. The third-order valence-corrected chi connectivity index (χ3v) is 5.25. The summed E-state index contributed by atoms with van der Waals surface area (Å²) in [5.74, 6) is -0.171. The van der Waals surface area contributed by atoms with Crippen LogP contribution >= 0.6 is 11.6 Å². The molecular formula is C21H20ClF3N2O4. The van der Waals surface area contributed by atoms with Gasteiger partial charge in [0.05, 0.1) is 24.8 Å². The van der Waals surface area contributed by atoms with Gasteiger partial charge in [0, 0.05) is 37.3 Å². The van der Waals surface area contributed by atoms with E-state index in [1.54, 1.807) is 4.90 Å². The molecule has 2 amide bonds. The summed E-state index contributed by atoms with van der Waals surface area (Å²) in [6.07, 6.45) is -4.53. The zero-order chi connectivity index (χ0) is 22.8. The first kappa shape index (κ1) is 22.7. The van der Waals surface area contributed by atoms with Crippen LogP contribution in [0.5, 0.6) is 11.5 Å². The molecule has 31 heavy (non-hydrogen) atoms. The van der Waals surface area contributed by atoms with Gasteiger partial charge in [-0.3, -0.25) is 9.59 Å². The van der Waals surface area contributed by atoms with Crippen molar-refractivity contribution < 1.29 is 32.2 Å². The third kappa shape index (κ3) is 4.87. The van der Waals surface area contributed by atoms with Crippen LogP contribution in [0.2, 0.25) is 5.02 Å². The van der Waals surface area contributed by atoms with Gasteiger partial charge >= 0.3 is 6.18 Å². The number of ether oxygens (including phenoxy) is 2. The third-order valence-electron chi connectivity index (χ3n) is 4.97. The predicted octanol–water partition coefficient (Wildman–Crippen LogP) is 3.97. The molecule has 0 saturated carbocycles. The van der Waals surface area contributed by atoms with E-state index in [-0.39, 0.29) is 42.7 Å². The fourth-order valence-electron chi connectivity index (χ4n) is 3.35. The Labute approximate surface area is 182 Å². The van der Waals surface area contributed by atoms with Crippen molar-refractivity contribution in [1.29, 1.82) is 0 Å². The number of amides is 2. The second-order valence-corrected chi connectivity index (χ2v) is 7.26. The number of carbonyl (C=O) groups is 2. The summed E-state index contributed by atoms with van der Waals surface area (Å²) in [7, 11) is 2.87. The number of carbonyl (C=O) groups excluding carboxylic acids is 2. The fraction of sp³-hybridized carbons (Fsp3) is 0.333. The first-order valence-electron chi connectivity index (χ1n) is 9.33. The maximum absolute atomic E-state index is 12.9. The van der Waals surface area contributed by atoms with Gasteiger partial charge in [-0.05, 0) is 30.3 Å². The van der Waals surface area contributed by atoms with Crippen LogP contribution in [-0.2, 0) is 6.18 Å². The molecule has 6 nitrogen and oxygen atoms in total. The van der Waals surface area contributed by atoms with Crippen molar-refractivity contribution in [3.63, 3.8) is 0 Å². The number of hydrogen-bond acceptors (Lipinski definition) is 4. The van der Waals surface area contributed by atoms with E-state index in [1.165, 1.54) is 43.4 Å². The van der Waals surface area contributed by atoms with Crippen LogP contribution in [0.3, 0.4) is 0 Å². The first-order valence-corrected chi connectivity index (χ1v) is 9.71. The van der Waals surface area contributed by atoms with Crippen molar-refractivity contribution in [2.75, 3.05) is 40.4 Å². The highest BCUT2D eigenvalue weighted by Crippen LogP contribution is 2.36. The molecule has 0 unspecified atom stereocenters. The molecule has 1 aliphatic rings. The molecule has 1 heterocycles. The zero-order valence-electron chi connectivity index (χ0n) is 16.8. The van der Waals surface area contributed by atoms with E-state index in [9.17, 15) is 22.8 Å². The Balaban J connectivity index is 1.69. The SMILES string of the molecule is COc1cc(C(=O)N2CCN(C(=O)c3cccc(C(F)(F)F)c3)CC2)cc(Cl)c1OC. The molecule has 0 radical (unpaired) electrons. The molecule has 1 aliphatic heterocycles. The van der Waals surface area contributed by atoms with Gasteiger partial charge in [-0.2, -0.15) is 13.2 Å². The number of halogens is 4. The zero-order valence-corrected chi connectivity index (χ0v) is 17.6. The second-order valence-electron chi connectivity index (χ2n) is 6.86. The predicted molar refractivity (Wildman–Crippen MR) is 108 cm³/mol. The molecule has 2 aromatic rings. The summed E-state index contributed by atoms with van der Waals surface area (Å²) in [6, 6.07) is 7.31. The molecular weight excluding hydrogens is 437 g/mol. The molecule has 0 atom stereocenters. The highest BCUT2D eigenvalue weighted by atomic mass is 35.5. The van der Waals surface area contributed by atoms with E-state index in [0.717, 1.165) is 12.1 Å². The summed E-state index contributed by atoms with van der Waals surface area (Å²) in [5, 5.41) is 0.226. The van der Waals surface area contributed by atoms with E-state index in [0.29, 0.717) is 17.1 Å². The summed E-state index contributed by atoms with van der Waals surface area (Å²) < 4.78 is 49.1. The van der Waals surface area contributed by atoms with Gasteiger partial charge in [-0.15, -0.1) is 0 Å². The van der Waals surface area contributed by atoms with Gasteiger partial charge < -0.3 is 19.3 Å². The van der Waals surface area contributed by atoms with Gasteiger partial charge in [0.15, 0.2) is 11.5 Å². The number of alkyl halides is 3. The monoisotopic (exact) mass is 456 g/mol. The largest absolute Gasteiger partial charge is 0.493 e. The Morgan fingerprint density at radius 2 is 1.48 bits per heavy atom. The first-order chi connectivity index (χ1) is 14.7. The maximum atomic E-state index is 12.9. The standard InChI is InChI=1S/C21H20ClF3N2O4/c1-30-17-12-14(11-16(22)18(17)31-2)20(29)27-8-6-26(7-9-27)19(28)13-4-3-5-15(10-13)21(23,24)25/h3-5,10-12H,6-9H2,1-2H3. The molecule has 1 saturated heterocycles. The van der Waals surface area contributed by atoms with Crippen molar-refractivity contribution in [1.82, 2.24) is 9.80 Å². The van der Waals surface area contributed by atoms with Gasteiger partial charge in [0.1, 0.15) is 0 Å². The van der Waals surface area contributed by atoms with Crippen molar-refractivity contribution in [2.45, 2.75) is 6.18 Å². The van der Waals surface area contributed by atoms with Crippen LogP contribution in [0, 0.1) is 0 Å². The quantitative estimate of drug-likeness (QED) is 0.698. The van der Waals surface area contributed by atoms with Gasteiger partial charge in [-0.1, -0.05) is 17.7 Å². The Hall–Kier alpha value is -2.94. The molecule has 0 spiro atoms. The summed E-state index contributed by atoms with van der Waals surface area (Å²) in [4.78, 5) is 28.5. The second kappa shape index (κ2) is 9.05. The molecule has 0 bridgehead atoms. The Morgan fingerprint density at radius 1 is 0.903 bits per heavy atom. The Kier molecular flexibility index (Phi) is 6.64. The number of benzene rings is 2. The lowest BCUT2D eigenvalue weighted by molar-refractivity contribution is -0.137. The molecule has 1 fully saturated rings. The van der Waals surface area contributed by atoms with E-state index in [1.807, 2.05) is 0 Å². The average molecular weight is 457 g/mol. The van der Waals surface area contributed by atoms with E-state index in [4.69, 9.17) is 21.1 Å². The number of methoxy groups -OCH3 is 2. The highest BCUT2D eigenvalue weighted by Gasteiger charge is 2.32. The molecule has 0 aromatic heterocycles. The highest BCUT2D eigenvalue weighted by molar-refractivity contribution is 6.32. The maximum Gasteiger partial charge on any atom is 0.416 e. The molecule has 2 aromatic carbocycles. The van der Waals surface area contributed by atoms with Crippen molar-refractivity contribution in [3.05, 3.63) is 58.1 Å². The smallest absolute Gasteiger partial charge is 0.416 e. The van der Waals surface area contributed by atoms with E-state index >= 15 is 0 Å².